The minimum atomic E-state index is -0.579. The average molecular weight is 493 g/mol. The lowest BCUT2D eigenvalue weighted by atomic mass is 9.88. The van der Waals surface area contributed by atoms with E-state index in [-0.39, 0.29) is 0 Å². The zero-order valence-electron chi connectivity index (χ0n) is 21.6. The van der Waals surface area contributed by atoms with Crippen LogP contribution in [-0.2, 0) is 13.0 Å². The van der Waals surface area contributed by atoms with Crippen LogP contribution >= 0.6 is 0 Å². The molecule has 0 fully saturated rings. The topological polar surface area (TPSA) is 85.9 Å². The lowest BCUT2D eigenvalue weighted by molar-refractivity contribution is 0.307. The molecule has 0 saturated carbocycles. The van der Waals surface area contributed by atoms with Crippen LogP contribution in [0.3, 0.4) is 0 Å². The van der Waals surface area contributed by atoms with E-state index in [1.54, 1.807) is 0 Å². The van der Waals surface area contributed by atoms with Gasteiger partial charge in [0.05, 0.1) is 11.0 Å². The van der Waals surface area contributed by atoms with Crippen LogP contribution in [0.4, 0.5) is 0 Å². The number of fused-ring (bicyclic) bond motifs is 3. The van der Waals surface area contributed by atoms with E-state index in [0.717, 1.165) is 68.1 Å². The molecule has 3 aromatic carbocycles. The van der Waals surface area contributed by atoms with Crippen LogP contribution in [-0.4, -0.2) is 19.7 Å². The number of benzene rings is 3. The van der Waals surface area contributed by atoms with Gasteiger partial charge in [-0.3, -0.25) is 14.1 Å². The zero-order chi connectivity index (χ0) is 25.8. The maximum atomic E-state index is 11.8. The lowest BCUT2D eigenvalue weighted by Crippen LogP contribution is -2.04. The molecule has 2 aromatic heterocycles. The van der Waals surface area contributed by atoms with Crippen molar-refractivity contribution >= 4 is 22.2 Å². The highest BCUT2D eigenvalue weighted by molar-refractivity contribution is 6.00. The van der Waals surface area contributed by atoms with Crippen LogP contribution in [0, 0.1) is 20.8 Å². The maximum Gasteiger partial charge on any atom is 0.439 e. The van der Waals surface area contributed by atoms with Crippen molar-refractivity contribution in [2.24, 2.45) is 0 Å². The minimum absolute atomic E-state index is 0.408. The third-order valence-corrected chi connectivity index (χ3v) is 7.14. The number of nitrogens with one attached hydrogen (secondary N) is 1. The summed E-state index contributed by atoms with van der Waals surface area (Å²) in [6, 6.07) is 16.9. The normalized spacial score (nSPS) is 14.2. The first kappa shape index (κ1) is 23.0. The Hall–Kier alpha value is -4.39. The van der Waals surface area contributed by atoms with Gasteiger partial charge in [-0.1, -0.05) is 36.3 Å². The van der Waals surface area contributed by atoms with Crippen molar-refractivity contribution in [1.29, 1.82) is 0 Å². The third-order valence-electron chi connectivity index (χ3n) is 7.14. The largest absolute Gasteiger partial charge is 0.488 e. The van der Waals surface area contributed by atoms with Gasteiger partial charge >= 0.3 is 5.76 Å². The Kier molecular flexibility index (Phi) is 5.37. The summed E-state index contributed by atoms with van der Waals surface area (Å²) in [5.74, 6) is 1.65. The third kappa shape index (κ3) is 3.69. The van der Waals surface area contributed by atoms with Crippen LogP contribution < -0.4 is 10.5 Å². The molecule has 37 heavy (non-hydrogen) atoms. The number of imidazole rings is 1. The van der Waals surface area contributed by atoms with E-state index in [1.165, 1.54) is 11.1 Å². The van der Waals surface area contributed by atoms with Gasteiger partial charge < -0.3 is 4.74 Å². The molecule has 0 saturated heterocycles. The molecule has 7 nitrogen and oxygen atoms in total. The second-order valence-corrected chi connectivity index (χ2v) is 9.69. The van der Waals surface area contributed by atoms with E-state index in [4.69, 9.17) is 14.2 Å². The Morgan fingerprint density at radius 1 is 1.08 bits per heavy atom. The summed E-state index contributed by atoms with van der Waals surface area (Å²) in [7, 11) is 0. The van der Waals surface area contributed by atoms with Gasteiger partial charge in [0.1, 0.15) is 18.2 Å². The van der Waals surface area contributed by atoms with Gasteiger partial charge in [0.15, 0.2) is 5.82 Å². The number of aromatic nitrogens is 4. The number of H-pyrrole nitrogens is 1. The molecule has 6 rings (SSSR count). The number of rotatable bonds is 3. The summed E-state index contributed by atoms with van der Waals surface area (Å²) in [6.45, 7) is 10.8. The molecule has 0 spiro atoms. The molecule has 0 atom stereocenters. The van der Waals surface area contributed by atoms with Gasteiger partial charge in [-0.2, -0.15) is 0 Å². The summed E-state index contributed by atoms with van der Waals surface area (Å²) in [5.41, 5.74) is 11.5. The molecule has 0 bridgehead atoms. The van der Waals surface area contributed by atoms with E-state index in [9.17, 15) is 4.79 Å². The number of aryl methyl sites for hydroxylation is 4. The molecule has 1 N–H and O–H groups in total. The van der Waals surface area contributed by atoms with Crippen molar-refractivity contribution in [2.75, 3.05) is 0 Å². The van der Waals surface area contributed by atoms with Gasteiger partial charge in [-0.15, -0.1) is 0 Å². The minimum Gasteiger partial charge on any atom is -0.488 e. The van der Waals surface area contributed by atoms with Crippen molar-refractivity contribution < 1.29 is 9.26 Å². The summed E-state index contributed by atoms with van der Waals surface area (Å²) >= 11 is 0. The Morgan fingerprint density at radius 2 is 1.92 bits per heavy atom. The predicted octanol–water partition coefficient (Wildman–Crippen LogP) is 6.06. The highest BCUT2D eigenvalue weighted by atomic mass is 16.5. The average Bonchev–Trinajstić information content (AvgIpc) is 3.43. The van der Waals surface area contributed by atoms with Crippen LogP contribution in [0.15, 0.2) is 57.8 Å². The Balaban J connectivity index is 1.62. The number of ether oxygens (including phenoxy) is 1. The number of aromatic amines is 1. The standard InChI is InChI=1S/C30H28N4O3/c1-6-25-31-28-18(4)12-16(2)13-23(28)34(25)21-10-11-22-20(14-21)15-36-24-9-7-8-17(3)26(24)27(22)19(5)29-32-30(35)37-33-29/h7-14H,6,15H2,1-5H3,(H,32,33,35)/b27-19-. The van der Waals surface area contributed by atoms with E-state index in [1.807, 2.05) is 19.1 Å². The first-order valence-electron chi connectivity index (χ1n) is 12.5. The van der Waals surface area contributed by atoms with E-state index < -0.39 is 5.76 Å². The number of nitrogens with zero attached hydrogens (tertiary/aromatic N) is 3. The molecule has 0 amide bonds. The maximum absolute atomic E-state index is 11.8. The van der Waals surface area contributed by atoms with Crippen molar-refractivity contribution in [3.05, 3.63) is 104 Å². The molecule has 0 aliphatic carbocycles. The molecule has 1 aliphatic rings. The summed E-state index contributed by atoms with van der Waals surface area (Å²) < 4.78 is 13.4. The fourth-order valence-electron chi connectivity index (χ4n) is 5.45. The Labute approximate surface area is 214 Å². The van der Waals surface area contributed by atoms with E-state index >= 15 is 0 Å². The van der Waals surface area contributed by atoms with Crippen molar-refractivity contribution in [2.45, 2.75) is 47.6 Å². The second-order valence-electron chi connectivity index (χ2n) is 9.69. The molecule has 3 heterocycles. The molecule has 186 valence electrons. The van der Waals surface area contributed by atoms with E-state index in [2.05, 4.69) is 78.8 Å². The van der Waals surface area contributed by atoms with Gasteiger partial charge in [-0.25, -0.2) is 9.78 Å². The van der Waals surface area contributed by atoms with E-state index in [0.29, 0.717) is 12.4 Å². The van der Waals surface area contributed by atoms with Crippen LogP contribution in [0.2, 0.25) is 0 Å². The zero-order valence-corrected chi connectivity index (χ0v) is 21.6. The Morgan fingerprint density at radius 3 is 2.68 bits per heavy atom. The summed E-state index contributed by atoms with van der Waals surface area (Å²) in [4.78, 5) is 19.4. The molecular formula is C30H28N4O3. The highest BCUT2D eigenvalue weighted by Crippen LogP contribution is 2.42. The highest BCUT2D eigenvalue weighted by Gasteiger charge is 2.25. The van der Waals surface area contributed by atoms with Gasteiger partial charge in [-0.05, 0) is 85.4 Å². The van der Waals surface area contributed by atoms with Gasteiger partial charge in [0, 0.05) is 23.2 Å². The van der Waals surface area contributed by atoms with Crippen LogP contribution in [0.5, 0.6) is 5.75 Å². The fourth-order valence-corrected chi connectivity index (χ4v) is 5.45. The number of hydrogen-bond donors (Lipinski definition) is 1. The number of allylic oxidation sites excluding steroid dienone is 1. The molecule has 7 heteroatoms. The predicted molar refractivity (Wildman–Crippen MR) is 144 cm³/mol. The van der Waals surface area contributed by atoms with Crippen molar-refractivity contribution in [3.8, 4) is 11.4 Å². The molecular weight excluding hydrogens is 464 g/mol. The van der Waals surface area contributed by atoms with Crippen LogP contribution in [0.1, 0.15) is 58.9 Å². The SMILES string of the molecule is CCc1nc2c(C)cc(C)cc2n1-c1ccc2c(c1)COc1cccc(C)c1/C2=C(/C)c1noc(=O)[nH]1. The molecule has 0 radical (unpaired) electrons. The monoisotopic (exact) mass is 492 g/mol. The molecule has 1 aliphatic heterocycles. The molecule has 0 unspecified atom stereocenters. The van der Waals surface area contributed by atoms with Crippen LogP contribution in [0.25, 0.3) is 27.9 Å². The first-order valence-corrected chi connectivity index (χ1v) is 12.5. The fraction of sp³-hybridized carbons (Fsp3) is 0.233. The smallest absolute Gasteiger partial charge is 0.439 e. The second kappa shape index (κ2) is 8.62. The number of hydrogen-bond acceptors (Lipinski definition) is 5. The van der Waals surface area contributed by atoms with Gasteiger partial charge in [0.2, 0.25) is 0 Å². The summed E-state index contributed by atoms with van der Waals surface area (Å²) in [5, 5.41) is 3.97. The van der Waals surface area contributed by atoms with Crippen molar-refractivity contribution in [1.82, 2.24) is 19.7 Å². The lowest BCUT2D eigenvalue weighted by Gasteiger charge is -2.17. The summed E-state index contributed by atoms with van der Waals surface area (Å²) in [6.07, 6.45) is 0.815. The van der Waals surface area contributed by atoms with Crippen molar-refractivity contribution in [3.63, 3.8) is 0 Å². The first-order chi connectivity index (χ1) is 17.9. The van der Waals surface area contributed by atoms with Gasteiger partial charge in [0.25, 0.3) is 0 Å². The Bertz CT molecular complexity index is 1780. The quantitative estimate of drug-likeness (QED) is 0.331. The molecule has 5 aromatic rings.